The molecule has 3 heterocycles. The van der Waals surface area contributed by atoms with E-state index in [2.05, 4.69) is 0 Å². The Morgan fingerprint density at radius 2 is 1.73 bits per heavy atom. The minimum absolute atomic E-state index is 0.275. The first-order valence-electron chi connectivity index (χ1n) is 12.6. The Bertz CT molecular complexity index is 1410. The van der Waals surface area contributed by atoms with Crippen LogP contribution in [0.15, 0.2) is 54.6 Å². The molecule has 5 rings (SSSR count). The van der Waals surface area contributed by atoms with Gasteiger partial charge in [-0.1, -0.05) is 30.3 Å². The number of benzene rings is 2. The minimum Gasteiger partial charge on any atom is -0.841 e. The lowest BCUT2D eigenvalue weighted by Gasteiger charge is -2.27. The van der Waals surface area contributed by atoms with Gasteiger partial charge >= 0.3 is 23.0 Å². The third-order valence-electron chi connectivity index (χ3n) is 6.64. The number of nitrogens with zero attached hydrogens (tertiary/aromatic N) is 2. The van der Waals surface area contributed by atoms with Crippen LogP contribution in [0.25, 0.3) is 10.4 Å². The molecule has 0 amide bonds. The van der Waals surface area contributed by atoms with Crippen LogP contribution in [0.2, 0.25) is 0 Å². The van der Waals surface area contributed by atoms with Crippen LogP contribution in [0.4, 0.5) is 10.8 Å². The fourth-order valence-electron chi connectivity index (χ4n) is 5.09. The van der Waals surface area contributed by atoms with Crippen molar-refractivity contribution in [3.8, 4) is 22.1 Å². The fourth-order valence-corrected chi connectivity index (χ4v) is 6.32. The van der Waals surface area contributed by atoms with Gasteiger partial charge in [0.05, 0.1) is 17.9 Å². The quantitative estimate of drug-likeness (QED) is 0.227. The molecule has 2 aliphatic heterocycles. The zero-order valence-electron chi connectivity index (χ0n) is 22.3. The van der Waals surface area contributed by atoms with Gasteiger partial charge in [0.25, 0.3) is 0 Å². The largest absolute Gasteiger partial charge is 0.841 e. The smallest absolute Gasteiger partial charge is 0.344 e. The number of carbonyl (C=O) groups is 3. The van der Waals surface area contributed by atoms with E-state index in [0.29, 0.717) is 21.4 Å². The first-order chi connectivity index (χ1) is 19.2. The van der Waals surface area contributed by atoms with Crippen molar-refractivity contribution in [2.75, 3.05) is 18.6 Å². The average molecular weight is 569 g/mol. The Morgan fingerprint density at radius 1 is 1.02 bits per heavy atom. The molecule has 1 aromatic heterocycles. The molecule has 0 bridgehead atoms. The molecule has 12 heteroatoms. The number of methoxy groups -OCH3 is 1. The third-order valence-corrected chi connectivity index (χ3v) is 7.83. The second kappa shape index (κ2) is 11.1. The van der Waals surface area contributed by atoms with Crippen LogP contribution in [0, 0.1) is 0 Å². The van der Waals surface area contributed by atoms with Crippen molar-refractivity contribution in [1.29, 1.82) is 0 Å². The first kappa shape index (κ1) is 27.4. The minimum atomic E-state index is -1.10. The van der Waals surface area contributed by atoms with Crippen molar-refractivity contribution in [2.24, 2.45) is 0 Å². The lowest BCUT2D eigenvalue weighted by atomic mass is 10.0. The standard InChI is InChI=1S/C28H28N2O9S/c1-15(31)36-14-21(37-16(2)32)23-24(38-17(3)33)22-27(39-23)29(19-10-12-20(35-4)13-11-19)28-30(22)26(34)25(40-28)18-8-6-5-7-9-18/h5-13,21-24,27H,14H2,1-4H3/t21-,22-,23-,24-,27+/m1/s1. The molecule has 0 saturated carbocycles. The summed E-state index contributed by atoms with van der Waals surface area (Å²) in [6.07, 6.45) is -3.98. The highest BCUT2D eigenvalue weighted by molar-refractivity contribution is 7.18. The molecular formula is C28H28N2O9S. The van der Waals surface area contributed by atoms with E-state index in [-0.39, 0.29) is 12.5 Å². The highest BCUT2D eigenvalue weighted by Crippen LogP contribution is 2.51. The molecule has 5 atom stereocenters. The predicted molar refractivity (Wildman–Crippen MR) is 140 cm³/mol. The van der Waals surface area contributed by atoms with E-state index in [9.17, 15) is 19.5 Å². The predicted octanol–water partition coefficient (Wildman–Crippen LogP) is 2.63. The summed E-state index contributed by atoms with van der Waals surface area (Å²) in [5, 5.41) is 14.5. The molecule has 0 aliphatic carbocycles. The lowest BCUT2D eigenvalue weighted by molar-refractivity contribution is -0.738. The zero-order valence-corrected chi connectivity index (χ0v) is 23.1. The van der Waals surface area contributed by atoms with Crippen molar-refractivity contribution in [2.45, 2.75) is 51.4 Å². The van der Waals surface area contributed by atoms with E-state index in [1.165, 1.54) is 32.1 Å². The Balaban J connectivity index is 1.64. The van der Waals surface area contributed by atoms with E-state index in [1.54, 1.807) is 23.8 Å². The number of esters is 3. The summed E-state index contributed by atoms with van der Waals surface area (Å²) in [4.78, 5) is 38.2. The van der Waals surface area contributed by atoms with Gasteiger partial charge in [-0.15, -0.1) is 0 Å². The van der Waals surface area contributed by atoms with Gasteiger partial charge in [0, 0.05) is 20.8 Å². The summed E-state index contributed by atoms with van der Waals surface area (Å²) in [5.41, 5.74) is 1.45. The number of carbonyl (C=O) groups excluding carboxylic acids is 3. The molecule has 1 saturated heterocycles. The van der Waals surface area contributed by atoms with E-state index >= 15 is 0 Å². The van der Waals surface area contributed by atoms with Gasteiger partial charge in [0.15, 0.2) is 12.2 Å². The van der Waals surface area contributed by atoms with E-state index in [1.807, 2.05) is 47.4 Å². The van der Waals surface area contributed by atoms with Crippen LogP contribution in [-0.4, -0.2) is 56.2 Å². The SMILES string of the molecule is COc1ccc(N2c3sc(-c4ccccc4)c([O-])[n+]3[C@@H]3[C@@H](OC(C)=O)[C@@H]([C@@H](COC(C)=O)OC(C)=O)O[C@@H]32)cc1. The van der Waals surface area contributed by atoms with Crippen LogP contribution < -0.4 is 19.3 Å². The number of ether oxygens (including phenoxy) is 5. The number of aromatic nitrogens is 1. The van der Waals surface area contributed by atoms with Crippen molar-refractivity contribution in [3.05, 3.63) is 54.6 Å². The first-order valence-corrected chi connectivity index (χ1v) is 13.4. The third kappa shape index (κ3) is 5.07. The molecule has 11 nitrogen and oxygen atoms in total. The number of fused-ring (bicyclic) bond motifs is 3. The highest BCUT2D eigenvalue weighted by Gasteiger charge is 2.64. The van der Waals surface area contributed by atoms with Crippen LogP contribution in [0.5, 0.6) is 11.6 Å². The molecule has 2 aromatic carbocycles. The number of rotatable bonds is 8. The normalized spacial score (nSPS) is 21.8. The molecule has 3 aromatic rings. The van der Waals surface area contributed by atoms with Crippen molar-refractivity contribution < 1.29 is 47.7 Å². The fraction of sp³-hybridized carbons (Fsp3) is 0.357. The Kier molecular flexibility index (Phi) is 7.63. The van der Waals surface area contributed by atoms with Gasteiger partial charge in [-0.2, -0.15) is 4.90 Å². The number of thiazole rings is 1. The second-order valence-corrected chi connectivity index (χ2v) is 10.3. The van der Waals surface area contributed by atoms with Crippen molar-refractivity contribution >= 4 is 40.1 Å². The molecule has 210 valence electrons. The van der Waals surface area contributed by atoms with Crippen LogP contribution in [0.1, 0.15) is 26.8 Å². The molecule has 0 N–H and O–H groups in total. The zero-order chi connectivity index (χ0) is 28.6. The summed E-state index contributed by atoms with van der Waals surface area (Å²) in [6, 6.07) is 15.7. The van der Waals surface area contributed by atoms with Crippen LogP contribution in [0.3, 0.4) is 0 Å². The van der Waals surface area contributed by atoms with Gasteiger partial charge in [-0.25, -0.2) is 4.57 Å². The summed E-state index contributed by atoms with van der Waals surface area (Å²) >= 11 is 1.30. The summed E-state index contributed by atoms with van der Waals surface area (Å²) in [7, 11) is 1.57. The number of anilines is 2. The molecule has 40 heavy (non-hydrogen) atoms. The highest BCUT2D eigenvalue weighted by atomic mass is 32.1. The number of hydrogen-bond acceptors (Lipinski definition) is 11. The lowest BCUT2D eigenvalue weighted by Crippen LogP contribution is -2.51. The molecule has 2 aliphatic rings. The van der Waals surface area contributed by atoms with Crippen LogP contribution in [-0.2, 0) is 33.3 Å². The Morgan fingerprint density at radius 3 is 2.33 bits per heavy atom. The maximum Gasteiger partial charge on any atom is 0.344 e. The van der Waals surface area contributed by atoms with Gasteiger partial charge in [-0.3, -0.25) is 14.4 Å². The van der Waals surface area contributed by atoms with Crippen molar-refractivity contribution in [1.82, 2.24) is 0 Å². The average Bonchev–Trinajstić information content (AvgIpc) is 3.54. The molecular weight excluding hydrogens is 540 g/mol. The summed E-state index contributed by atoms with van der Waals surface area (Å²) in [5.74, 6) is -1.45. The monoisotopic (exact) mass is 568 g/mol. The maximum absolute atomic E-state index is 14.0. The summed E-state index contributed by atoms with van der Waals surface area (Å²) in [6.45, 7) is 3.38. The molecule has 0 radical (unpaired) electrons. The van der Waals surface area contributed by atoms with Crippen LogP contribution >= 0.6 is 11.3 Å². The van der Waals surface area contributed by atoms with E-state index in [4.69, 9.17) is 23.7 Å². The topological polar surface area (TPSA) is 128 Å². The maximum atomic E-state index is 14.0. The Labute approximate surface area is 234 Å². The number of hydrogen-bond donors (Lipinski definition) is 0. The van der Waals surface area contributed by atoms with Gasteiger partial charge < -0.3 is 28.8 Å². The molecule has 1 fully saturated rings. The van der Waals surface area contributed by atoms with E-state index < -0.39 is 48.5 Å². The van der Waals surface area contributed by atoms with Gasteiger partial charge in [0.1, 0.15) is 24.1 Å². The molecule has 0 spiro atoms. The van der Waals surface area contributed by atoms with Gasteiger partial charge in [0.2, 0.25) is 12.3 Å². The second-order valence-electron chi connectivity index (χ2n) is 9.33. The van der Waals surface area contributed by atoms with Crippen molar-refractivity contribution in [3.63, 3.8) is 0 Å². The Hall–Kier alpha value is -4.16. The summed E-state index contributed by atoms with van der Waals surface area (Å²) < 4.78 is 29.7. The molecule has 0 unspecified atom stereocenters. The van der Waals surface area contributed by atoms with Gasteiger partial charge in [-0.05, 0) is 41.2 Å². The van der Waals surface area contributed by atoms with E-state index in [0.717, 1.165) is 5.56 Å².